The molecule has 2 nitrogen and oxygen atoms in total. The van der Waals surface area contributed by atoms with Crippen LogP contribution < -0.4 is 0 Å². The molecule has 0 fully saturated rings. The van der Waals surface area contributed by atoms with E-state index in [2.05, 4.69) is 20.9 Å². The van der Waals surface area contributed by atoms with E-state index in [0.717, 1.165) is 15.2 Å². The molecule has 0 saturated carbocycles. The Bertz CT molecular complexity index is 341. The Morgan fingerprint density at radius 2 is 2.45 bits per heavy atom. The van der Waals surface area contributed by atoms with Crippen molar-refractivity contribution in [2.75, 3.05) is 0 Å². The second kappa shape index (κ2) is 2.79. The van der Waals surface area contributed by atoms with E-state index in [1.54, 1.807) is 11.3 Å². The van der Waals surface area contributed by atoms with Crippen LogP contribution in [0.5, 0.6) is 0 Å². The van der Waals surface area contributed by atoms with Gasteiger partial charge in [-0.2, -0.15) is 0 Å². The van der Waals surface area contributed by atoms with Crippen molar-refractivity contribution in [3.05, 3.63) is 28.5 Å². The maximum Gasteiger partial charge on any atom is 0.182 e. The lowest BCUT2D eigenvalue weighted by Gasteiger charge is -1.87. The summed E-state index contributed by atoms with van der Waals surface area (Å²) < 4.78 is 5.92. The molecule has 11 heavy (non-hydrogen) atoms. The molecule has 4 heteroatoms. The molecule has 56 valence electrons. The summed E-state index contributed by atoms with van der Waals surface area (Å²) in [5, 5.41) is 2.00. The van der Waals surface area contributed by atoms with Crippen molar-refractivity contribution in [1.82, 2.24) is 4.98 Å². The van der Waals surface area contributed by atoms with E-state index in [-0.39, 0.29) is 0 Å². The minimum atomic E-state index is 0.764. The zero-order valence-corrected chi connectivity index (χ0v) is 7.85. The highest BCUT2D eigenvalue weighted by atomic mass is 79.9. The lowest BCUT2D eigenvalue weighted by Crippen LogP contribution is -1.66. The normalized spacial score (nSPS) is 10.3. The number of aromatic nitrogens is 1. The summed E-state index contributed by atoms with van der Waals surface area (Å²) in [6.45, 7) is 0. The zero-order valence-electron chi connectivity index (χ0n) is 5.45. The van der Waals surface area contributed by atoms with Gasteiger partial charge < -0.3 is 4.42 Å². The molecule has 0 aliphatic carbocycles. The van der Waals surface area contributed by atoms with Crippen LogP contribution in [0.15, 0.2) is 32.9 Å². The van der Waals surface area contributed by atoms with E-state index < -0.39 is 0 Å². The molecule has 2 rings (SSSR count). The summed E-state index contributed by atoms with van der Waals surface area (Å²) >= 11 is 4.92. The van der Waals surface area contributed by atoms with Crippen molar-refractivity contribution >= 4 is 27.3 Å². The number of nitrogens with zero attached hydrogens (tertiary/aromatic N) is 1. The third-order valence-corrected chi connectivity index (χ3v) is 2.70. The number of rotatable bonds is 1. The minimum Gasteiger partial charge on any atom is -0.441 e. The maximum atomic E-state index is 5.16. The van der Waals surface area contributed by atoms with Crippen LogP contribution in [0.3, 0.4) is 0 Å². The average Bonchev–Trinajstić information content (AvgIpc) is 2.55. The molecule has 2 heterocycles. The second-order valence-corrected chi connectivity index (χ2v) is 3.65. The molecule has 0 spiro atoms. The Balaban J connectivity index is 2.53. The van der Waals surface area contributed by atoms with E-state index in [4.69, 9.17) is 4.42 Å². The van der Waals surface area contributed by atoms with Gasteiger partial charge in [-0.05, 0) is 27.4 Å². The summed E-state index contributed by atoms with van der Waals surface area (Å²) in [7, 11) is 0. The molecule has 0 aromatic carbocycles. The van der Waals surface area contributed by atoms with Gasteiger partial charge in [0.05, 0.1) is 4.88 Å². The Morgan fingerprint density at radius 1 is 1.55 bits per heavy atom. The Labute approximate surface area is 76.0 Å². The molecule has 0 saturated heterocycles. The molecule has 0 N–H and O–H groups in total. The molecule has 2 aromatic heterocycles. The standard InChI is InChI=1S/C7H4BrNOS/c8-7-6(10-4-9-7)5-2-1-3-11-5/h1-4H. The van der Waals surface area contributed by atoms with Crippen LogP contribution in [-0.2, 0) is 0 Å². The van der Waals surface area contributed by atoms with E-state index in [9.17, 15) is 0 Å². The monoisotopic (exact) mass is 229 g/mol. The minimum absolute atomic E-state index is 0.764. The number of hydrogen-bond donors (Lipinski definition) is 0. The lowest BCUT2D eigenvalue weighted by atomic mass is 10.4. The Kier molecular flexibility index (Phi) is 1.79. The lowest BCUT2D eigenvalue weighted by molar-refractivity contribution is 0.573. The van der Waals surface area contributed by atoms with Crippen LogP contribution in [0.4, 0.5) is 0 Å². The van der Waals surface area contributed by atoms with Gasteiger partial charge >= 0.3 is 0 Å². The predicted molar refractivity (Wildman–Crippen MR) is 47.5 cm³/mol. The van der Waals surface area contributed by atoms with Crippen LogP contribution in [0, 0.1) is 0 Å². The third kappa shape index (κ3) is 1.23. The van der Waals surface area contributed by atoms with Gasteiger partial charge in [0.15, 0.2) is 16.8 Å². The molecule has 0 amide bonds. The van der Waals surface area contributed by atoms with Gasteiger partial charge in [0.1, 0.15) is 0 Å². The molecule has 0 radical (unpaired) electrons. The highest BCUT2D eigenvalue weighted by molar-refractivity contribution is 9.10. The number of thiophene rings is 1. The van der Waals surface area contributed by atoms with E-state index >= 15 is 0 Å². The molecule has 0 aliphatic heterocycles. The Morgan fingerprint density at radius 3 is 3.00 bits per heavy atom. The molecule has 0 bridgehead atoms. The van der Waals surface area contributed by atoms with Crippen LogP contribution >= 0.6 is 27.3 Å². The van der Waals surface area contributed by atoms with Crippen molar-refractivity contribution in [3.8, 4) is 10.6 Å². The van der Waals surface area contributed by atoms with Crippen LogP contribution in [0.2, 0.25) is 0 Å². The van der Waals surface area contributed by atoms with Crippen molar-refractivity contribution in [3.63, 3.8) is 0 Å². The summed E-state index contributed by atoms with van der Waals surface area (Å²) in [5.74, 6) is 0.806. The first kappa shape index (κ1) is 7.06. The number of hydrogen-bond acceptors (Lipinski definition) is 3. The van der Waals surface area contributed by atoms with Gasteiger partial charge in [-0.1, -0.05) is 6.07 Å². The van der Waals surface area contributed by atoms with Crippen LogP contribution in [0.1, 0.15) is 0 Å². The van der Waals surface area contributed by atoms with E-state index in [1.165, 1.54) is 6.39 Å². The summed E-state index contributed by atoms with van der Waals surface area (Å²) in [6.07, 6.45) is 1.43. The summed E-state index contributed by atoms with van der Waals surface area (Å²) in [6, 6.07) is 3.98. The molecular formula is C7H4BrNOS. The predicted octanol–water partition coefficient (Wildman–Crippen LogP) is 3.17. The second-order valence-electron chi connectivity index (χ2n) is 1.95. The first-order valence-corrected chi connectivity index (χ1v) is 4.68. The van der Waals surface area contributed by atoms with E-state index in [0.29, 0.717) is 0 Å². The third-order valence-electron chi connectivity index (χ3n) is 1.27. The SMILES string of the molecule is Brc1ncoc1-c1cccs1. The molecule has 2 aromatic rings. The first-order chi connectivity index (χ1) is 5.38. The fraction of sp³-hybridized carbons (Fsp3) is 0. The molecule has 0 atom stereocenters. The number of oxazole rings is 1. The highest BCUT2D eigenvalue weighted by Gasteiger charge is 2.07. The maximum absolute atomic E-state index is 5.16. The topological polar surface area (TPSA) is 26.0 Å². The molecule has 0 unspecified atom stereocenters. The van der Waals surface area contributed by atoms with Crippen LogP contribution in [-0.4, -0.2) is 4.98 Å². The average molecular weight is 230 g/mol. The quantitative estimate of drug-likeness (QED) is 0.751. The highest BCUT2D eigenvalue weighted by Crippen LogP contribution is 2.30. The smallest absolute Gasteiger partial charge is 0.182 e. The van der Waals surface area contributed by atoms with Crippen molar-refractivity contribution < 1.29 is 4.42 Å². The molecular weight excluding hydrogens is 226 g/mol. The summed E-state index contributed by atoms with van der Waals surface area (Å²) in [4.78, 5) is 5.02. The van der Waals surface area contributed by atoms with Gasteiger partial charge in [0.2, 0.25) is 0 Å². The largest absolute Gasteiger partial charge is 0.441 e. The fourth-order valence-corrected chi connectivity index (χ4v) is 2.03. The summed E-state index contributed by atoms with van der Waals surface area (Å²) in [5.41, 5.74) is 0. The zero-order chi connectivity index (χ0) is 7.68. The fourth-order valence-electron chi connectivity index (χ4n) is 0.800. The van der Waals surface area contributed by atoms with Crippen molar-refractivity contribution in [1.29, 1.82) is 0 Å². The van der Waals surface area contributed by atoms with E-state index in [1.807, 2.05) is 17.5 Å². The van der Waals surface area contributed by atoms with Gasteiger partial charge in [0.25, 0.3) is 0 Å². The van der Waals surface area contributed by atoms with Crippen molar-refractivity contribution in [2.45, 2.75) is 0 Å². The first-order valence-electron chi connectivity index (χ1n) is 3.01. The van der Waals surface area contributed by atoms with Gasteiger partial charge in [-0.25, -0.2) is 4.98 Å². The van der Waals surface area contributed by atoms with Crippen molar-refractivity contribution in [2.24, 2.45) is 0 Å². The number of halogens is 1. The van der Waals surface area contributed by atoms with Crippen LogP contribution in [0.25, 0.3) is 10.6 Å². The Hall–Kier alpha value is -0.610. The molecule has 0 aliphatic rings. The van der Waals surface area contributed by atoms with Gasteiger partial charge in [0, 0.05) is 0 Å². The van der Waals surface area contributed by atoms with Gasteiger partial charge in [-0.15, -0.1) is 11.3 Å². The van der Waals surface area contributed by atoms with Gasteiger partial charge in [-0.3, -0.25) is 0 Å².